The van der Waals surface area contributed by atoms with Crippen molar-refractivity contribution in [3.63, 3.8) is 0 Å². The van der Waals surface area contributed by atoms with Gasteiger partial charge in [-0.15, -0.1) is 0 Å². The van der Waals surface area contributed by atoms with Crippen molar-refractivity contribution >= 4 is 28.4 Å². The predicted octanol–water partition coefficient (Wildman–Crippen LogP) is 4.63. The number of benzene rings is 1. The van der Waals surface area contributed by atoms with Crippen LogP contribution in [0.15, 0.2) is 42.9 Å². The minimum absolute atomic E-state index is 0.110. The topological polar surface area (TPSA) is 75.0 Å². The molecule has 1 aliphatic heterocycles. The molecule has 0 amide bonds. The number of fused-ring (bicyclic) bond motifs is 1. The monoisotopic (exact) mass is 478 g/mol. The summed E-state index contributed by atoms with van der Waals surface area (Å²) in [6.07, 6.45) is 4.35. The number of nitrogens with zero attached hydrogens (tertiary/aromatic N) is 7. The zero-order valence-corrected chi connectivity index (χ0v) is 20.0. The van der Waals surface area contributed by atoms with Gasteiger partial charge in [0.2, 0.25) is 5.95 Å². The first-order chi connectivity index (χ1) is 16.9. The summed E-state index contributed by atoms with van der Waals surface area (Å²) in [5.74, 6) is -0.721. The molecule has 1 aromatic carbocycles. The van der Waals surface area contributed by atoms with Crippen molar-refractivity contribution in [2.75, 3.05) is 42.9 Å². The molecular weight excluding hydrogens is 450 g/mol. The Morgan fingerprint density at radius 2 is 1.77 bits per heavy atom. The first-order valence-corrected chi connectivity index (χ1v) is 11.8. The number of likely N-dealkylation sites (N-methyl/N-ethyl adjacent to an activating group) is 1. The van der Waals surface area contributed by atoms with Gasteiger partial charge in [0.15, 0.2) is 5.82 Å². The van der Waals surface area contributed by atoms with Crippen LogP contribution in [0, 0.1) is 11.6 Å². The van der Waals surface area contributed by atoms with Gasteiger partial charge in [0.1, 0.15) is 17.0 Å². The maximum Gasteiger partial charge on any atom is 0.227 e. The highest BCUT2D eigenvalue weighted by molar-refractivity contribution is 5.80. The highest BCUT2D eigenvalue weighted by Crippen LogP contribution is 2.28. The number of rotatable bonds is 6. The largest absolute Gasteiger partial charge is 0.367 e. The molecule has 35 heavy (non-hydrogen) atoms. The highest BCUT2D eigenvalue weighted by Gasteiger charge is 2.19. The molecular formula is C25H28F2N8. The number of piperazine rings is 1. The first kappa shape index (κ1) is 23.1. The number of halogens is 2. The summed E-state index contributed by atoms with van der Waals surface area (Å²) in [4.78, 5) is 17.2. The molecule has 4 aromatic rings. The number of aromatic nitrogens is 5. The van der Waals surface area contributed by atoms with E-state index in [-0.39, 0.29) is 23.5 Å². The Morgan fingerprint density at radius 3 is 2.49 bits per heavy atom. The quantitative estimate of drug-likeness (QED) is 0.433. The van der Waals surface area contributed by atoms with Crippen molar-refractivity contribution in [3.8, 4) is 11.3 Å². The third-order valence-electron chi connectivity index (χ3n) is 6.32. The second-order valence-corrected chi connectivity index (χ2v) is 8.91. The lowest BCUT2D eigenvalue weighted by molar-refractivity contribution is 0.270. The van der Waals surface area contributed by atoms with Crippen LogP contribution in [0.2, 0.25) is 0 Å². The summed E-state index contributed by atoms with van der Waals surface area (Å²) in [5, 5.41) is 7.35. The van der Waals surface area contributed by atoms with E-state index in [1.807, 2.05) is 24.6 Å². The number of nitrogens with one attached hydrogen (secondary N) is 1. The molecule has 0 radical (unpaired) electrons. The van der Waals surface area contributed by atoms with Gasteiger partial charge in [0, 0.05) is 49.7 Å². The molecule has 1 saturated heterocycles. The van der Waals surface area contributed by atoms with Crippen LogP contribution >= 0.6 is 0 Å². The van der Waals surface area contributed by atoms with Gasteiger partial charge in [-0.2, -0.15) is 5.10 Å². The average molecular weight is 479 g/mol. The molecule has 0 unspecified atom stereocenters. The second kappa shape index (κ2) is 9.53. The van der Waals surface area contributed by atoms with E-state index in [2.05, 4.69) is 42.1 Å². The van der Waals surface area contributed by atoms with Gasteiger partial charge in [0.05, 0.1) is 23.6 Å². The van der Waals surface area contributed by atoms with E-state index in [1.54, 1.807) is 24.5 Å². The van der Waals surface area contributed by atoms with Crippen LogP contribution in [0.5, 0.6) is 0 Å². The average Bonchev–Trinajstić information content (AvgIpc) is 3.29. The highest BCUT2D eigenvalue weighted by atomic mass is 19.1. The molecule has 3 aromatic heterocycles. The van der Waals surface area contributed by atoms with Crippen molar-refractivity contribution in [2.45, 2.75) is 26.8 Å². The van der Waals surface area contributed by atoms with Crippen molar-refractivity contribution < 1.29 is 8.78 Å². The van der Waals surface area contributed by atoms with Crippen LogP contribution in [0.4, 0.5) is 26.1 Å². The van der Waals surface area contributed by atoms with Gasteiger partial charge >= 0.3 is 0 Å². The molecule has 0 spiro atoms. The third kappa shape index (κ3) is 4.66. The first-order valence-electron chi connectivity index (χ1n) is 11.8. The van der Waals surface area contributed by atoms with E-state index in [4.69, 9.17) is 0 Å². The van der Waals surface area contributed by atoms with Crippen LogP contribution in [-0.2, 0) is 0 Å². The summed E-state index contributed by atoms with van der Waals surface area (Å²) < 4.78 is 31.4. The van der Waals surface area contributed by atoms with E-state index in [9.17, 15) is 8.78 Å². The van der Waals surface area contributed by atoms with E-state index in [0.29, 0.717) is 16.9 Å². The smallest absolute Gasteiger partial charge is 0.227 e. The molecule has 5 rings (SSSR count). The van der Waals surface area contributed by atoms with Gasteiger partial charge in [-0.05, 0) is 44.7 Å². The number of hydrogen-bond donors (Lipinski definition) is 1. The molecule has 1 N–H and O–H groups in total. The molecule has 10 heteroatoms. The molecule has 0 atom stereocenters. The summed E-state index contributed by atoms with van der Waals surface area (Å²) in [7, 11) is 0. The lowest BCUT2D eigenvalue weighted by Gasteiger charge is -2.35. The van der Waals surface area contributed by atoms with Crippen LogP contribution < -0.4 is 10.2 Å². The SMILES string of the molecule is CCN1CCN(c2ccc(Nc3ncc(F)c(-c4cnc5cnn(C(C)C)c5c4)n3)cc2F)CC1. The van der Waals surface area contributed by atoms with E-state index in [1.165, 1.54) is 6.07 Å². The summed E-state index contributed by atoms with van der Waals surface area (Å²) in [6, 6.07) is 6.91. The minimum Gasteiger partial charge on any atom is -0.367 e. The molecule has 4 heterocycles. The van der Waals surface area contributed by atoms with Crippen LogP contribution in [0.1, 0.15) is 26.8 Å². The Labute approximate surface area is 202 Å². The molecule has 1 aliphatic rings. The number of pyridine rings is 1. The maximum atomic E-state index is 14.9. The minimum atomic E-state index is -0.569. The standard InChI is InChI=1S/C25H28F2N8/c1-4-33-7-9-34(10-8-33)22-6-5-18(12-19(22)26)31-25-29-14-20(27)24(32-25)17-11-23-21(28-13-17)15-30-35(23)16(2)3/h5-6,11-16H,4,7-10H2,1-3H3,(H,29,31,32). The number of hydrogen-bond acceptors (Lipinski definition) is 7. The van der Waals surface area contributed by atoms with Crippen molar-refractivity contribution in [3.05, 3.63) is 54.5 Å². The fourth-order valence-corrected chi connectivity index (χ4v) is 4.37. The van der Waals surface area contributed by atoms with Gasteiger partial charge in [-0.3, -0.25) is 9.67 Å². The molecule has 182 valence electrons. The van der Waals surface area contributed by atoms with Crippen molar-refractivity contribution in [2.24, 2.45) is 0 Å². The Hall–Kier alpha value is -3.66. The Balaban J connectivity index is 1.38. The summed E-state index contributed by atoms with van der Waals surface area (Å²) >= 11 is 0. The molecule has 0 aliphatic carbocycles. The fourth-order valence-electron chi connectivity index (χ4n) is 4.37. The molecule has 8 nitrogen and oxygen atoms in total. The van der Waals surface area contributed by atoms with Crippen LogP contribution in [-0.4, -0.2) is 62.4 Å². The lowest BCUT2D eigenvalue weighted by Crippen LogP contribution is -2.46. The fraction of sp³-hybridized carbons (Fsp3) is 0.360. The van der Waals surface area contributed by atoms with Crippen LogP contribution in [0.25, 0.3) is 22.3 Å². The van der Waals surface area contributed by atoms with Crippen molar-refractivity contribution in [1.29, 1.82) is 0 Å². The second-order valence-electron chi connectivity index (χ2n) is 8.91. The third-order valence-corrected chi connectivity index (χ3v) is 6.32. The van der Waals surface area contributed by atoms with Gasteiger partial charge in [0.25, 0.3) is 0 Å². The number of anilines is 3. The van der Waals surface area contributed by atoms with Gasteiger partial charge in [-0.25, -0.2) is 18.7 Å². The Bertz CT molecular complexity index is 1340. The zero-order valence-electron chi connectivity index (χ0n) is 20.0. The van der Waals surface area contributed by atoms with Gasteiger partial charge in [-0.1, -0.05) is 6.92 Å². The summed E-state index contributed by atoms with van der Waals surface area (Å²) in [5.41, 5.74) is 3.20. The normalized spacial score (nSPS) is 14.7. The molecule has 0 saturated carbocycles. The zero-order chi connectivity index (χ0) is 24.5. The summed E-state index contributed by atoms with van der Waals surface area (Å²) in [6.45, 7) is 10.6. The maximum absolute atomic E-state index is 14.9. The Kier molecular flexibility index (Phi) is 6.29. The lowest BCUT2D eigenvalue weighted by atomic mass is 10.2. The molecule has 0 bridgehead atoms. The Morgan fingerprint density at radius 1 is 0.971 bits per heavy atom. The molecule has 1 fully saturated rings. The van der Waals surface area contributed by atoms with Gasteiger partial charge < -0.3 is 15.1 Å². The van der Waals surface area contributed by atoms with Crippen LogP contribution in [0.3, 0.4) is 0 Å². The van der Waals surface area contributed by atoms with E-state index in [0.717, 1.165) is 50.0 Å². The van der Waals surface area contributed by atoms with E-state index >= 15 is 0 Å². The predicted molar refractivity (Wildman–Crippen MR) is 133 cm³/mol. The van der Waals surface area contributed by atoms with Crippen molar-refractivity contribution in [1.82, 2.24) is 29.6 Å². The van der Waals surface area contributed by atoms with E-state index < -0.39 is 5.82 Å².